The Bertz CT molecular complexity index is 1400. The lowest BCUT2D eigenvalue weighted by atomic mass is 9.99. The lowest BCUT2D eigenvalue weighted by molar-refractivity contribution is -0.141. The molecule has 248 valence electrons. The van der Waals surface area contributed by atoms with E-state index in [4.69, 9.17) is 0 Å². The largest absolute Gasteiger partial charge is 0.481 e. The van der Waals surface area contributed by atoms with Crippen LogP contribution in [0.3, 0.4) is 0 Å². The Kier molecular flexibility index (Phi) is 15.3. The molecule has 0 aliphatic carbocycles. The highest BCUT2D eigenvalue weighted by molar-refractivity contribution is 14.1. The van der Waals surface area contributed by atoms with E-state index in [0.29, 0.717) is 12.8 Å². The number of nitrogens with one attached hydrogen (secondary N) is 4. The van der Waals surface area contributed by atoms with Gasteiger partial charge < -0.3 is 31.5 Å². The molecule has 46 heavy (non-hydrogen) atoms. The van der Waals surface area contributed by atoms with Gasteiger partial charge in [0.25, 0.3) is 5.91 Å². The molecule has 4 amide bonds. The summed E-state index contributed by atoms with van der Waals surface area (Å²) >= 11 is 2.05. The van der Waals surface area contributed by atoms with Crippen molar-refractivity contribution in [3.63, 3.8) is 0 Å². The van der Waals surface area contributed by atoms with Crippen LogP contribution < -0.4 is 21.3 Å². The number of carboxylic acids is 2. The van der Waals surface area contributed by atoms with Crippen LogP contribution in [-0.4, -0.2) is 75.7 Å². The van der Waals surface area contributed by atoms with Crippen molar-refractivity contribution in [2.75, 3.05) is 0 Å². The van der Waals surface area contributed by atoms with Crippen LogP contribution in [0, 0.1) is 9.49 Å². The first-order chi connectivity index (χ1) is 21.7. The molecule has 0 fully saturated rings. The molecule has 2 rings (SSSR count). The summed E-state index contributed by atoms with van der Waals surface area (Å²) in [6, 6.07) is 10.5. The highest BCUT2D eigenvalue weighted by Crippen LogP contribution is 2.11. The van der Waals surface area contributed by atoms with Gasteiger partial charge in [0.2, 0.25) is 17.7 Å². The monoisotopic (exact) mass is 750 g/mol. The minimum absolute atomic E-state index is 0.0342. The van der Waals surface area contributed by atoms with Crippen molar-refractivity contribution in [3.05, 3.63) is 69.3 Å². The maximum atomic E-state index is 13.2. The van der Waals surface area contributed by atoms with Gasteiger partial charge in [-0.3, -0.25) is 33.6 Å². The maximum absolute atomic E-state index is 13.2. The molecule has 0 aromatic heterocycles. The molecule has 0 heterocycles. The van der Waals surface area contributed by atoms with Gasteiger partial charge in [-0.05, 0) is 78.1 Å². The fraction of sp³-hybridized carbons (Fsp3) is 0.406. The maximum Gasteiger partial charge on any atom is 0.305 e. The Balaban J connectivity index is 2.04. The Morgan fingerprint density at radius 1 is 0.696 bits per heavy atom. The van der Waals surface area contributed by atoms with Gasteiger partial charge in [0.15, 0.2) is 5.78 Å². The summed E-state index contributed by atoms with van der Waals surface area (Å²) in [5.41, 5.74) is 1.22. The number of carbonyl (C=O) groups is 7. The molecule has 0 radical (unpaired) electrons. The van der Waals surface area contributed by atoms with Gasteiger partial charge in [-0.15, -0.1) is 0 Å². The molecule has 6 N–H and O–H groups in total. The first-order valence-corrected chi connectivity index (χ1v) is 15.7. The topological polar surface area (TPSA) is 208 Å². The van der Waals surface area contributed by atoms with Crippen LogP contribution in [0.2, 0.25) is 0 Å². The number of aliphatic carboxylic acids is 2. The Morgan fingerprint density at radius 3 is 1.85 bits per heavy atom. The summed E-state index contributed by atoms with van der Waals surface area (Å²) in [7, 11) is 0. The lowest BCUT2D eigenvalue weighted by Crippen LogP contribution is -2.58. The van der Waals surface area contributed by atoms with E-state index in [0.717, 1.165) is 9.13 Å². The van der Waals surface area contributed by atoms with E-state index in [2.05, 4.69) is 43.9 Å². The highest BCUT2D eigenvalue weighted by atomic mass is 127. The first-order valence-electron chi connectivity index (χ1n) is 14.7. The zero-order valence-corrected chi connectivity index (χ0v) is 27.9. The molecule has 13 nitrogen and oxygen atoms in total. The quantitative estimate of drug-likeness (QED) is 0.123. The summed E-state index contributed by atoms with van der Waals surface area (Å²) in [5.74, 6) is -6.80. The molecule has 0 bridgehead atoms. The van der Waals surface area contributed by atoms with Crippen molar-refractivity contribution in [1.82, 2.24) is 21.3 Å². The van der Waals surface area contributed by atoms with E-state index in [1.807, 2.05) is 30.3 Å². The molecule has 0 aliphatic rings. The molecule has 0 aliphatic heterocycles. The third-order valence-corrected chi connectivity index (χ3v) is 7.64. The van der Waals surface area contributed by atoms with Gasteiger partial charge in [-0.25, -0.2) is 0 Å². The van der Waals surface area contributed by atoms with Gasteiger partial charge in [0.05, 0.1) is 18.9 Å². The second-order valence-corrected chi connectivity index (χ2v) is 12.3. The highest BCUT2D eigenvalue weighted by Gasteiger charge is 2.32. The fourth-order valence-corrected chi connectivity index (χ4v) is 4.75. The normalized spacial score (nSPS) is 13.4. The smallest absolute Gasteiger partial charge is 0.305 e. The number of Topliss-reactive ketones (excluding diaryl/α,β-unsaturated/α-hetero) is 1. The standard InChI is InChI=1S/C32H39IN4O9/c1-18(2)28(32(46)35-23(16-26(39)40)25(38)11-7-10-20-8-5-4-6-9-20)37-29(43)19(3)34-31(45)24(17-27(41)42)36-30(44)21-12-14-22(33)15-13-21/h4-6,8-9,12-15,18-19,23-24,28H,7,10-11,16-17H2,1-3H3,(H,34,45)(H,35,46)(H,36,44)(H,37,43)(H,39,40)(H,41,42). The Morgan fingerprint density at radius 2 is 1.28 bits per heavy atom. The molecule has 0 saturated heterocycles. The number of halogens is 1. The number of hydrogen-bond donors (Lipinski definition) is 6. The lowest BCUT2D eigenvalue weighted by Gasteiger charge is -2.26. The third-order valence-electron chi connectivity index (χ3n) is 6.92. The minimum atomic E-state index is -1.51. The van der Waals surface area contributed by atoms with Crippen LogP contribution in [0.5, 0.6) is 0 Å². The number of carboxylic acid groups (broad SMARTS) is 2. The molecule has 0 spiro atoms. The van der Waals surface area contributed by atoms with Crippen LogP contribution in [-0.2, 0) is 35.2 Å². The summed E-state index contributed by atoms with van der Waals surface area (Å²) in [4.78, 5) is 87.5. The Labute approximate surface area is 280 Å². The van der Waals surface area contributed by atoms with Crippen molar-refractivity contribution in [1.29, 1.82) is 0 Å². The SMILES string of the molecule is CC(NC(=O)C(CC(=O)O)NC(=O)c1ccc(I)cc1)C(=O)NC(C(=O)NC(CC(=O)O)C(=O)CCCc1ccccc1)C(C)C. The molecular weight excluding hydrogens is 711 g/mol. The van der Waals surface area contributed by atoms with Crippen LogP contribution in [0.25, 0.3) is 0 Å². The van der Waals surface area contributed by atoms with Crippen LogP contribution >= 0.6 is 22.6 Å². The van der Waals surface area contributed by atoms with Crippen LogP contribution in [0.1, 0.15) is 62.4 Å². The van der Waals surface area contributed by atoms with E-state index in [1.54, 1.807) is 26.0 Å². The Hall–Kier alpha value is -4.34. The molecular formula is C32H39IN4O9. The van der Waals surface area contributed by atoms with E-state index >= 15 is 0 Å². The summed E-state index contributed by atoms with van der Waals surface area (Å²) in [6.07, 6.45) is -0.314. The van der Waals surface area contributed by atoms with Crippen LogP contribution in [0.15, 0.2) is 54.6 Å². The van der Waals surface area contributed by atoms with E-state index < -0.39 is 84.3 Å². The number of carbonyl (C=O) groups excluding carboxylic acids is 5. The number of benzene rings is 2. The predicted octanol–water partition coefficient (Wildman–Crippen LogP) is 2.06. The second-order valence-electron chi connectivity index (χ2n) is 11.1. The summed E-state index contributed by atoms with van der Waals surface area (Å²) in [5, 5.41) is 28.3. The van der Waals surface area contributed by atoms with Crippen LogP contribution in [0.4, 0.5) is 0 Å². The van der Waals surface area contributed by atoms with E-state index in [1.165, 1.54) is 19.1 Å². The second kappa shape index (κ2) is 18.6. The molecule has 2 aromatic carbocycles. The zero-order chi connectivity index (χ0) is 34.4. The van der Waals surface area contributed by atoms with E-state index in [9.17, 15) is 43.8 Å². The zero-order valence-electron chi connectivity index (χ0n) is 25.7. The number of amides is 4. The number of rotatable bonds is 18. The molecule has 4 unspecified atom stereocenters. The molecule has 14 heteroatoms. The fourth-order valence-electron chi connectivity index (χ4n) is 4.39. The predicted molar refractivity (Wildman–Crippen MR) is 176 cm³/mol. The van der Waals surface area contributed by atoms with Gasteiger partial charge in [-0.1, -0.05) is 44.2 Å². The number of hydrogen-bond acceptors (Lipinski definition) is 7. The van der Waals surface area contributed by atoms with E-state index in [-0.39, 0.29) is 12.0 Å². The van der Waals surface area contributed by atoms with Crippen molar-refractivity contribution >= 4 is 63.9 Å². The van der Waals surface area contributed by atoms with Crippen molar-refractivity contribution < 1.29 is 43.8 Å². The average molecular weight is 751 g/mol. The van der Waals surface area contributed by atoms with Gasteiger partial charge in [-0.2, -0.15) is 0 Å². The van der Waals surface area contributed by atoms with Gasteiger partial charge >= 0.3 is 11.9 Å². The summed E-state index contributed by atoms with van der Waals surface area (Å²) < 4.78 is 0.866. The molecule has 2 aromatic rings. The number of ketones is 1. The molecule has 0 saturated carbocycles. The third kappa shape index (κ3) is 12.9. The summed E-state index contributed by atoms with van der Waals surface area (Å²) in [6.45, 7) is 4.57. The first kappa shape index (κ1) is 37.8. The van der Waals surface area contributed by atoms with Crippen molar-refractivity contribution in [3.8, 4) is 0 Å². The van der Waals surface area contributed by atoms with Crippen molar-refractivity contribution in [2.45, 2.75) is 77.0 Å². The minimum Gasteiger partial charge on any atom is -0.481 e. The van der Waals surface area contributed by atoms with Crippen molar-refractivity contribution in [2.24, 2.45) is 5.92 Å². The molecule has 4 atom stereocenters. The van der Waals surface area contributed by atoms with Gasteiger partial charge in [0, 0.05) is 15.6 Å². The number of aryl methyl sites for hydroxylation is 1. The average Bonchev–Trinajstić information content (AvgIpc) is 2.99. The van der Waals surface area contributed by atoms with Gasteiger partial charge in [0.1, 0.15) is 18.1 Å².